The molecule has 0 bridgehead atoms. The average molecular weight is 162 g/mol. The number of hydrogen-bond donors (Lipinski definition) is 4. The van der Waals surface area contributed by atoms with E-state index < -0.39 is 0 Å². The van der Waals surface area contributed by atoms with Gasteiger partial charge in [0.15, 0.2) is 0 Å². The van der Waals surface area contributed by atoms with E-state index in [-0.39, 0.29) is 11.3 Å². The Kier molecular flexibility index (Phi) is 4.51. The summed E-state index contributed by atoms with van der Waals surface area (Å²) in [5.74, 6) is 0.366. The quantitative estimate of drug-likeness (QED) is 0.256. The molecule has 0 aromatic heterocycles. The van der Waals surface area contributed by atoms with Gasteiger partial charge >= 0.3 is 0 Å². The molecular formula is C5H14N4O2. The molecule has 0 heterocycles. The highest BCUT2D eigenvalue weighted by Gasteiger charge is 1.95. The van der Waals surface area contributed by atoms with Crippen LogP contribution < -0.4 is 11.2 Å². The molecule has 0 aliphatic carbocycles. The van der Waals surface area contributed by atoms with Crippen molar-refractivity contribution >= 4 is 5.96 Å². The highest BCUT2D eigenvalue weighted by atomic mass is 16.8. The standard InChI is InChI=1S/C5H14N4O2/c1-4(2)3-7-5(6)8-9(10)11/h4,10-11H,3H2,1-2H3,(H3,6,7,8). The molecule has 0 aliphatic heterocycles. The van der Waals surface area contributed by atoms with Gasteiger partial charge in [0.2, 0.25) is 5.96 Å². The van der Waals surface area contributed by atoms with E-state index >= 15 is 0 Å². The van der Waals surface area contributed by atoms with E-state index in [4.69, 9.17) is 16.1 Å². The molecule has 0 aliphatic rings. The monoisotopic (exact) mass is 162 g/mol. The predicted octanol–water partition coefficient (Wildman–Crippen LogP) is -0.458. The van der Waals surface area contributed by atoms with Crippen LogP contribution in [0.25, 0.3) is 0 Å². The van der Waals surface area contributed by atoms with Crippen LogP contribution in [0.5, 0.6) is 0 Å². The van der Waals surface area contributed by atoms with Gasteiger partial charge in [-0.3, -0.25) is 15.4 Å². The van der Waals surface area contributed by atoms with Gasteiger partial charge in [-0.15, -0.1) is 0 Å². The number of hydrogen-bond acceptors (Lipinski definition) is 4. The maximum absolute atomic E-state index is 8.20. The largest absolute Gasteiger partial charge is 0.369 e. The maximum Gasteiger partial charge on any atom is 0.207 e. The number of nitrogens with zero attached hydrogens (tertiary/aromatic N) is 2. The molecule has 0 rings (SSSR count). The Hall–Kier alpha value is -0.850. The SMILES string of the molecule is CC(C)CN=C(N)NN(O)O. The minimum Gasteiger partial charge on any atom is -0.369 e. The molecule has 0 amide bonds. The van der Waals surface area contributed by atoms with Gasteiger partial charge in [0, 0.05) is 11.9 Å². The summed E-state index contributed by atoms with van der Waals surface area (Å²) in [5, 5.41) is 16.2. The Morgan fingerprint density at radius 1 is 1.64 bits per heavy atom. The first kappa shape index (κ1) is 10.2. The van der Waals surface area contributed by atoms with Crippen LogP contribution in [0.4, 0.5) is 0 Å². The molecule has 0 aromatic carbocycles. The molecule has 11 heavy (non-hydrogen) atoms. The molecule has 5 N–H and O–H groups in total. The van der Waals surface area contributed by atoms with Crippen LogP contribution in [0, 0.1) is 5.92 Å². The highest BCUT2D eigenvalue weighted by molar-refractivity contribution is 5.77. The lowest BCUT2D eigenvalue weighted by Crippen LogP contribution is -2.42. The second-order valence-electron chi connectivity index (χ2n) is 2.52. The van der Waals surface area contributed by atoms with Crippen molar-refractivity contribution < 1.29 is 10.4 Å². The Labute approximate surface area is 65.2 Å². The molecule has 0 saturated carbocycles. The van der Waals surface area contributed by atoms with Crippen LogP contribution in [-0.2, 0) is 0 Å². The molecule has 0 saturated heterocycles. The van der Waals surface area contributed by atoms with Crippen molar-refractivity contribution in [2.75, 3.05) is 6.54 Å². The summed E-state index contributed by atoms with van der Waals surface area (Å²) in [6.45, 7) is 4.51. The minimum atomic E-state index is -0.237. The number of aliphatic imine (C=N–C) groups is 1. The van der Waals surface area contributed by atoms with Gasteiger partial charge in [-0.25, -0.2) is 5.43 Å². The fourth-order valence-corrected chi connectivity index (χ4v) is 0.419. The summed E-state index contributed by atoms with van der Waals surface area (Å²) in [6.07, 6.45) is 0. The molecule has 0 spiro atoms. The van der Waals surface area contributed by atoms with Gasteiger partial charge in [-0.2, -0.15) is 0 Å². The number of guanidine groups is 1. The van der Waals surface area contributed by atoms with Crippen LogP contribution in [0.2, 0.25) is 0 Å². The summed E-state index contributed by atoms with van der Waals surface area (Å²) in [6, 6.07) is 0. The summed E-state index contributed by atoms with van der Waals surface area (Å²) in [5.41, 5.74) is 7.17. The summed E-state index contributed by atoms with van der Waals surface area (Å²) >= 11 is 0. The topological polar surface area (TPSA) is 94.1 Å². The third-order valence-electron chi connectivity index (χ3n) is 0.841. The lowest BCUT2D eigenvalue weighted by Gasteiger charge is -2.08. The Balaban J connectivity index is 3.63. The van der Waals surface area contributed by atoms with Crippen LogP contribution in [0.15, 0.2) is 4.99 Å². The molecule has 66 valence electrons. The van der Waals surface area contributed by atoms with Gasteiger partial charge in [0.1, 0.15) is 0 Å². The third kappa shape index (κ3) is 7.04. The number of nitrogens with one attached hydrogen (secondary N) is 1. The Bertz CT molecular complexity index is 134. The fourth-order valence-electron chi connectivity index (χ4n) is 0.419. The zero-order valence-electron chi connectivity index (χ0n) is 6.65. The molecule has 0 atom stereocenters. The van der Waals surface area contributed by atoms with Crippen molar-refractivity contribution in [3.05, 3.63) is 0 Å². The first-order chi connectivity index (χ1) is 5.02. The summed E-state index contributed by atoms with van der Waals surface area (Å²) in [4.78, 5) is 3.79. The van der Waals surface area contributed by atoms with Gasteiger partial charge in [0.05, 0.1) is 0 Å². The minimum absolute atomic E-state index is 0.0244. The zero-order valence-corrected chi connectivity index (χ0v) is 6.65. The van der Waals surface area contributed by atoms with E-state index in [9.17, 15) is 0 Å². The van der Waals surface area contributed by atoms with Gasteiger partial charge in [-0.1, -0.05) is 13.8 Å². The van der Waals surface area contributed by atoms with Crippen molar-refractivity contribution in [3.63, 3.8) is 0 Å². The number of nitrogens with two attached hydrogens (primary N) is 1. The van der Waals surface area contributed by atoms with Crippen LogP contribution in [-0.4, -0.2) is 28.3 Å². The van der Waals surface area contributed by atoms with Crippen molar-refractivity contribution in [2.45, 2.75) is 13.8 Å². The fraction of sp³-hybridized carbons (Fsp3) is 0.800. The van der Waals surface area contributed by atoms with Crippen LogP contribution in [0.3, 0.4) is 0 Å². The predicted molar refractivity (Wildman–Crippen MR) is 39.9 cm³/mol. The van der Waals surface area contributed by atoms with E-state index in [2.05, 4.69) is 4.99 Å². The van der Waals surface area contributed by atoms with E-state index in [1.54, 1.807) is 0 Å². The van der Waals surface area contributed by atoms with Gasteiger partial charge < -0.3 is 5.73 Å². The van der Waals surface area contributed by atoms with Crippen molar-refractivity contribution in [2.24, 2.45) is 16.6 Å². The average Bonchev–Trinajstić information content (AvgIpc) is 1.82. The van der Waals surface area contributed by atoms with Crippen LogP contribution in [0.1, 0.15) is 13.8 Å². The smallest absolute Gasteiger partial charge is 0.207 e. The van der Waals surface area contributed by atoms with E-state index in [0.29, 0.717) is 12.5 Å². The summed E-state index contributed by atoms with van der Waals surface area (Å²) < 4.78 is 0. The number of rotatable bonds is 3. The van der Waals surface area contributed by atoms with Gasteiger partial charge in [-0.05, 0) is 5.92 Å². The Morgan fingerprint density at radius 3 is 2.55 bits per heavy atom. The molecular weight excluding hydrogens is 148 g/mol. The van der Waals surface area contributed by atoms with E-state index in [1.807, 2.05) is 19.3 Å². The zero-order chi connectivity index (χ0) is 8.85. The first-order valence-electron chi connectivity index (χ1n) is 3.27. The van der Waals surface area contributed by atoms with Crippen molar-refractivity contribution in [1.82, 2.24) is 10.8 Å². The Morgan fingerprint density at radius 2 is 2.18 bits per heavy atom. The lowest BCUT2D eigenvalue weighted by atomic mass is 10.2. The van der Waals surface area contributed by atoms with E-state index in [0.717, 1.165) is 0 Å². The van der Waals surface area contributed by atoms with Crippen molar-refractivity contribution in [3.8, 4) is 0 Å². The molecule has 0 aromatic rings. The molecule has 6 heteroatoms. The van der Waals surface area contributed by atoms with Crippen LogP contribution >= 0.6 is 0 Å². The second-order valence-corrected chi connectivity index (χ2v) is 2.52. The molecule has 0 fully saturated rings. The summed E-state index contributed by atoms with van der Waals surface area (Å²) in [7, 11) is 0. The van der Waals surface area contributed by atoms with Gasteiger partial charge in [0.25, 0.3) is 0 Å². The normalized spacial score (nSPS) is 12.7. The lowest BCUT2D eigenvalue weighted by molar-refractivity contribution is -0.329. The molecule has 0 unspecified atom stereocenters. The maximum atomic E-state index is 8.20. The van der Waals surface area contributed by atoms with Crippen molar-refractivity contribution in [1.29, 1.82) is 0 Å². The third-order valence-corrected chi connectivity index (χ3v) is 0.841. The first-order valence-corrected chi connectivity index (χ1v) is 3.27. The second kappa shape index (κ2) is 4.89. The van der Waals surface area contributed by atoms with E-state index in [1.165, 1.54) is 0 Å². The number of hydrazine groups is 1. The molecule has 6 nitrogen and oxygen atoms in total. The molecule has 0 radical (unpaired) electrons. The highest BCUT2D eigenvalue weighted by Crippen LogP contribution is 1.90.